The summed E-state index contributed by atoms with van der Waals surface area (Å²) in [4.78, 5) is 1.26. The molecule has 0 bridgehead atoms. The molecule has 100 valence electrons. The molecule has 3 heteroatoms. The number of hydrogen-bond donors (Lipinski definition) is 1. The van der Waals surface area contributed by atoms with E-state index >= 15 is 0 Å². The summed E-state index contributed by atoms with van der Waals surface area (Å²) >= 11 is 1.81. The van der Waals surface area contributed by atoms with Crippen LogP contribution in [0, 0.1) is 13.8 Å². The molecule has 0 aliphatic carbocycles. The maximum absolute atomic E-state index is 5.77. The quantitative estimate of drug-likeness (QED) is 0.670. The van der Waals surface area contributed by atoms with Gasteiger partial charge < -0.3 is 10.5 Å². The van der Waals surface area contributed by atoms with Crippen LogP contribution >= 0.6 is 11.8 Å². The van der Waals surface area contributed by atoms with Gasteiger partial charge >= 0.3 is 0 Å². The molecule has 2 N–H and O–H groups in total. The predicted molar refractivity (Wildman–Crippen MR) is 82.9 cm³/mol. The van der Waals surface area contributed by atoms with Gasteiger partial charge in [0.1, 0.15) is 5.75 Å². The lowest BCUT2D eigenvalue weighted by molar-refractivity contribution is 0.411. The third-order valence-corrected chi connectivity index (χ3v) is 4.24. The fourth-order valence-electron chi connectivity index (χ4n) is 2.01. The first-order chi connectivity index (χ1) is 9.10. The predicted octanol–water partition coefficient (Wildman–Crippen LogP) is 4.19. The second-order valence-electron chi connectivity index (χ2n) is 4.63. The van der Waals surface area contributed by atoms with Crippen molar-refractivity contribution in [2.75, 3.05) is 12.8 Å². The summed E-state index contributed by atoms with van der Waals surface area (Å²) in [5, 5.41) is 0. The second-order valence-corrected chi connectivity index (χ2v) is 5.65. The lowest BCUT2D eigenvalue weighted by atomic mass is 10.1. The fraction of sp³-hybridized carbons (Fsp3) is 0.250. The van der Waals surface area contributed by atoms with Gasteiger partial charge in [-0.15, -0.1) is 11.8 Å². The van der Waals surface area contributed by atoms with Crippen molar-refractivity contribution in [3.8, 4) is 5.75 Å². The van der Waals surface area contributed by atoms with Gasteiger partial charge in [0.2, 0.25) is 0 Å². The van der Waals surface area contributed by atoms with E-state index in [1.807, 2.05) is 30.0 Å². The minimum atomic E-state index is 0.815. The molecule has 0 aliphatic rings. The molecule has 19 heavy (non-hydrogen) atoms. The molecule has 2 aromatic rings. The van der Waals surface area contributed by atoms with Gasteiger partial charge in [-0.3, -0.25) is 0 Å². The highest BCUT2D eigenvalue weighted by Gasteiger charge is 2.06. The molecule has 2 rings (SSSR count). The van der Waals surface area contributed by atoms with Crippen molar-refractivity contribution in [2.24, 2.45) is 0 Å². The van der Waals surface area contributed by atoms with E-state index in [1.165, 1.54) is 21.6 Å². The van der Waals surface area contributed by atoms with Crippen molar-refractivity contribution in [1.82, 2.24) is 0 Å². The Bertz CT molecular complexity index is 581. The van der Waals surface area contributed by atoms with Gasteiger partial charge in [0.25, 0.3) is 0 Å². The highest BCUT2D eigenvalue weighted by Crippen LogP contribution is 2.31. The van der Waals surface area contributed by atoms with E-state index in [-0.39, 0.29) is 0 Å². The van der Waals surface area contributed by atoms with E-state index in [0.717, 1.165) is 17.2 Å². The second kappa shape index (κ2) is 6.02. The Morgan fingerprint density at radius 1 is 1.11 bits per heavy atom. The van der Waals surface area contributed by atoms with Crippen LogP contribution in [0.5, 0.6) is 5.75 Å². The summed E-state index contributed by atoms with van der Waals surface area (Å²) in [7, 11) is 1.72. The molecule has 0 spiro atoms. The summed E-state index contributed by atoms with van der Waals surface area (Å²) in [6.07, 6.45) is 0. The topological polar surface area (TPSA) is 35.2 Å². The molecule has 0 atom stereocenters. The average Bonchev–Trinajstić information content (AvgIpc) is 2.38. The summed E-state index contributed by atoms with van der Waals surface area (Å²) in [5.41, 5.74) is 10.3. The van der Waals surface area contributed by atoms with Crippen LogP contribution in [0.3, 0.4) is 0 Å². The van der Waals surface area contributed by atoms with E-state index in [4.69, 9.17) is 10.5 Å². The van der Waals surface area contributed by atoms with Crippen molar-refractivity contribution in [1.29, 1.82) is 0 Å². The fourth-order valence-corrected chi connectivity index (χ4v) is 3.00. The van der Waals surface area contributed by atoms with Crippen LogP contribution in [0.25, 0.3) is 0 Å². The first-order valence-electron chi connectivity index (χ1n) is 6.22. The molecule has 0 aromatic heterocycles. The number of nitrogen functional groups attached to an aromatic ring is 1. The van der Waals surface area contributed by atoms with Gasteiger partial charge in [0.15, 0.2) is 0 Å². The Balaban J connectivity index is 2.16. The third kappa shape index (κ3) is 3.44. The van der Waals surface area contributed by atoms with Gasteiger partial charge in [0, 0.05) is 21.9 Å². The number of nitrogens with two attached hydrogens (primary N) is 1. The maximum atomic E-state index is 5.77. The summed E-state index contributed by atoms with van der Waals surface area (Å²) in [6.45, 7) is 4.19. The van der Waals surface area contributed by atoms with Gasteiger partial charge in [-0.05, 0) is 43.7 Å². The van der Waals surface area contributed by atoms with Crippen molar-refractivity contribution in [3.05, 3.63) is 53.1 Å². The summed E-state index contributed by atoms with van der Waals surface area (Å²) in [5.74, 6) is 1.85. The van der Waals surface area contributed by atoms with E-state index in [1.54, 1.807) is 7.11 Å². The average molecular weight is 273 g/mol. The van der Waals surface area contributed by atoms with Crippen LogP contribution < -0.4 is 10.5 Å². The standard InChI is InChI=1S/C16H19NOS/c1-11-4-6-15(18-3)13(8-11)10-19-16-7-5-14(17)9-12(16)2/h4-9H,10,17H2,1-3H3. The lowest BCUT2D eigenvalue weighted by Gasteiger charge is -2.10. The van der Waals surface area contributed by atoms with Gasteiger partial charge in [-0.2, -0.15) is 0 Å². The van der Waals surface area contributed by atoms with E-state index in [0.29, 0.717) is 0 Å². The lowest BCUT2D eigenvalue weighted by Crippen LogP contribution is -1.92. The highest BCUT2D eigenvalue weighted by atomic mass is 32.2. The Morgan fingerprint density at radius 3 is 2.58 bits per heavy atom. The molecule has 2 aromatic carbocycles. The van der Waals surface area contributed by atoms with Crippen molar-refractivity contribution >= 4 is 17.4 Å². The molecule has 0 fully saturated rings. The van der Waals surface area contributed by atoms with Crippen LogP contribution in [0.2, 0.25) is 0 Å². The molecule has 0 heterocycles. The minimum Gasteiger partial charge on any atom is -0.496 e. The molecule has 0 aliphatic heterocycles. The molecule has 2 nitrogen and oxygen atoms in total. The van der Waals surface area contributed by atoms with Gasteiger partial charge in [-0.25, -0.2) is 0 Å². The first kappa shape index (κ1) is 13.8. The molecule has 0 saturated heterocycles. The normalized spacial score (nSPS) is 10.5. The highest BCUT2D eigenvalue weighted by molar-refractivity contribution is 7.98. The van der Waals surface area contributed by atoms with Gasteiger partial charge in [0.05, 0.1) is 7.11 Å². The molecular formula is C16H19NOS. The number of hydrogen-bond acceptors (Lipinski definition) is 3. The van der Waals surface area contributed by atoms with Crippen molar-refractivity contribution in [2.45, 2.75) is 24.5 Å². The molecular weight excluding hydrogens is 254 g/mol. The van der Waals surface area contributed by atoms with Crippen LogP contribution in [-0.2, 0) is 5.75 Å². The Labute approximate surface area is 119 Å². The number of thioether (sulfide) groups is 1. The van der Waals surface area contributed by atoms with Crippen LogP contribution in [0.1, 0.15) is 16.7 Å². The van der Waals surface area contributed by atoms with Crippen LogP contribution in [0.15, 0.2) is 41.3 Å². The Morgan fingerprint density at radius 2 is 1.89 bits per heavy atom. The number of aryl methyl sites for hydroxylation is 2. The zero-order valence-electron chi connectivity index (χ0n) is 11.6. The number of methoxy groups -OCH3 is 1. The Hall–Kier alpha value is -1.61. The van der Waals surface area contributed by atoms with Crippen molar-refractivity contribution < 1.29 is 4.74 Å². The maximum Gasteiger partial charge on any atom is 0.122 e. The monoisotopic (exact) mass is 273 g/mol. The summed E-state index contributed by atoms with van der Waals surface area (Å²) < 4.78 is 5.40. The summed E-state index contributed by atoms with van der Waals surface area (Å²) in [6, 6.07) is 12.3. The number of anilines is 1. The van der Waals surface area contributed by atoms with E-state index < -0.39 is 0 Å². The van der Waals surface area contributed by atoms with Crippen molar-refractivity contribution in [3.63, 3.8) is 0 Å². The zero-order valence-corrected chi connectivity index (χ0v) is 12.4. The molecule has 0 saturated carbocycles. The number of ether oxygens (including phenoxy) is 1. The largest absolute Gasteiger partial charge is 0.496 e. The number of benzene rings is 2. The Kier molecular flexibility index (Phi) is 4.38. The van der Waals surface area contributed by atoms with E-state index in [9.17, 15) is 0 Å². The van der Waals surface area contributed by atoms with Gasteiger partial charge in [-0.1, -0.05) is 17.7 Å². The number of rotatable bonds is 4. The smallest absolute Gasteiger partial charge is 0.122 e. The zero-order chi connectivity index (χ0) is 13.8. The van der Waals surface area contributed by atoms with E-state index in [2.05, 4.69) is 32.0 Å². The first-order valence-corrected chi connectivity index (χ1v) is 7.21. The third-order valence-electron chi connectivity index (χ3n) is 3.02. The molecule has 0 radical (unpaired) electrons. The molecule has 0 amide bonds. The minimum absolute atomic E-state index is 0.815. The SMILES string of the molecule is COc1ccc(C)cc1CSc1ccc(N)cc1C. The van der Waals surface area contributed by atoms with Crippen LogP contribution in [-0.4, -0.2) is 7.11 Å². The molecule has 0 unspecified atom stereocenters. The van der Waals surface area contributed by atoms with Crippen LogP contribution in [0.4, 0.5) is 5.69 Å².